The molecule has 0 saturated heterocycles. The SMILES string of the molecule is CC(C)Sc1cccc(Cl)c1CN=[N+]=[N-]. The van der Waals surface area contributed by atoms with Gasteiger partial charge in [-0.3, -0.25) is 0 Å². The number of rotatable bonds is 4. The van der Waals surface area contributed by atoms with E-state index in [-0.39, 0.29) is 0 Å². The highest BCUT2D eigenvalue weighted by molar-refractivity contribution is 8.00. The summed E-state index contributed by atoms with van der Waals surface area (Å²) < 4.78 is 0. The van der Waals surface area contributed by atoms with Gasteiger partial charge in [0.25, 0.3) is 0 Å². The zero-order chi connectivity index (χ0) is 11.3. The van der Waals surface area contributed by atoms with Crippen LogP contribution in [0.1, 0.15) is 19.4 Å². The molecule has 0 aliphatic rings. The number of nitrogens with zero attached hydrogens (tertiary/aromatic N) is 3. The van der Waals surface area contributed by atoms with Crippen molar-refractivity contribution in [3.8, 4) is 0 Å². The van der Waals surface area contributed by atoms with Gasteiger partial charge in [-0.15, -0.1) is 11.8 Å². The summed E-state index contributed by atoms with van der Waals surface area (Å²) in [6, 6.07) is 5.72. The van der Waals surface area contributed by atoms with Gasteiger partial charge >= 0.3 is 0 Å². The molecule has 0 amide bonds. The predicted octanol–water partition coefficient (Wildman–Crippen LogP) is 4.65. The smallest absolute Gasteiger partial charge is 0.0536 e. The van der Waals surface area contributed by atoms with Gasteiger partial charge in [0.15, 0.2) is 0 Å². The van der Waals surface area contributed by atoms with Crippen molar-refractivity contribution in [3.63, 3.8) is 0 Å². The third kappa shape index (κ3) is 3.67. The van der Waals surface area contributed by atoms with E-state index in [9.17, 15) is 0 Å². The van der Waals surface area contributed by atoms with Crippen LogP contribution < -0.4 is 0 Å². The highest BCUT2D eigenvalue weighted by atomic mass is 35.5. The first kappa shape index (κ1) is 12.2. The molecule has 5 heteroatoms. The van der Waals surface area contributed by atoms with Crippen LogP contribution in [0.3, 0.4) is 0 Å². The van der Waals surface area contributed by atoms with Gasteiger partial charge in [0.2, 0.25) is 0 Å². The Morgan fingerprint density at radius 1 is 1.53 bits per heavy atom. The lowest BCUT2D eigenvalue weighted by atomic mass is 10.2. The standard InChI is InChI=1S/C10H12ClN3S/c1-7(2)15-10-5-3-4-9(11)8(10)6-13-14-12/h3-5,7H,6H2,1-2H3. The number of halogens is 1. The van der Waals surface area contributed by atoms with Crippen LogP contribution in [0.4, 0.5) is 0 Å². The fourth-order valence-corrected chi connectivity index (χ4v) is 2.43. The molecule has 1 aromatic carbocycles. The Hall–Kier alpha value is -0.830. The number of hydrogen-bond acceptors (Lipinski definition) is 2. The van der Waals surface area contributed by atoms with Crippen molar-refractivity contribution < 1.29 is 0 Å². The average molecular weight is 242 g/mol. The van der Waals surface area contributed by atoms with Crippen molar-refractivity contribution in [2.45, 2.75) is 30.5 Å². The van der Waals surface area contributed by atoms with E-state index < -0.39 is 0 Å². The van der Waals surface area contributed by atoms with Crippen molar-refractivity contribution in [1.82, 2.24) is 0 Å². The van der Waals surface area contributed by atoms with Crippen molar-refractivity contribution in [2.24, 2.45) is 5.11 Å². The van der Waals surface area contributed by atoms with Gasteiger partial charge in [-0.05, 0) is 23.2 Å². The van der Waals surface area contributed by atoms with Gasteiger partial charge in [0, 0.05) is 20.1 Å². The summed E-state index contributed by atoms with van der Waals surface area (Å²) in [6.45, 7) is 4.54. The Labute approximate surface area is 98.5 Å². The van der Waals surface area contributed by atoms with Crippen LogP contribution in [0.5, 0.6) is 0 Å². The first-order valence-electron chi connectivity index (χ1n) is 4.60. The first-order chi connectivity index (χ1) is 7.15. The highest BCUT2D eigenvalue weighted by Crippen LogP contribution is 2.31. The van der Waals surface area contributed by atoms with E-state index in [0.29, 0.717) is 16.8 Å². The minimum Gasteiger partial charge on any atom is -0.123 e. The third-order valence-electron chi connectivity index (χ3n) is 1.73. The van der Waals surface area contributed by atoms with Crippen LogP contribution in [-0.2, 0) is 6.54 Å². The van der Waals surface area contributed by atoms with Gasteiger partial charge in [0.05, 0.1) is 6.54 Å². The Kier molecular flexibility index (Phi) is 4.82. The Morgan fingerprint density at radius 2 is 2.27 bits per heavy atom. The van der Waals surface area contributed by atoms with E-state index in [1.807, 2.05) is 18.2 Å². The Balaban J connectivity index is 3.02. The number of benzene rings is 1. The lowest BCUT2D eigenvalue weighted by molar-refractivity contribution is 1.00. The lowest BCUT2D eigenvalue weighted by Gasteiger charge is -2.10. The van der Waals surface area contributed by atoms with Crippen LogP contribution >= 0.6 is 23.4 Å². The molecule has 0 fully saturated rings. The third-order valence-corrected chi connectivity index (χ3v) is 3.19. The van der Waals surface area contributed by atoms with Crippen molar-refractivity contribution >= 4 is 23.4 Å². The van der Waals surface area contributed by atoms with E-state index in [4.69, 9.17) is 17.1 Å². The molecule has 3 nitrogen and oxygen atoms in total. The van der Waals surface area contributed by atoms with Crippen LogP contribution in [-0.4, -0.2) is 5.25 Å². The Morgan fingerprint density at radius 3 is 2.87 bits per heavy atom. The maximum Gasteiger partial charge on any atom is 0.0536 e. The molecule has 0 heterocycles. The zero-order valence-corrected chi connectivity index (χ0v) is 10.2. The number of thioether (sulfide) groups is 1. The summed E-state index contributed by atoms with van der Waals surface area (Å²) >= 11 is 7.77. The molecule has 0 bridgehead atoms. The van der Waals surface area contributed by atoms with E-state index in [1.54, 1.807) is 11.8 Å². The highest BCUT2D eigenvalue weighted by Gasteiger charge is 2.07. The molecule has 1 rings (SSSR count). The molecule has 15 heavy (non-hydrogen) atoms. The summed E-state index contributed by atoms with van der Waals surface area (Å²) in [6.07, 6.45) is 0. The second-order valence-corrected chi connectivity index (χ2v) is 5.30. The summed E-state index contributed by atoms with van der Waals surface area (Å²) in [5, 5.41) is 4.69. The van der Waals surface area contributed by atoms with Crippen LogP contribution in [0.25, 0.3) is 10.4 Å². The molecule has 0 atom stereocenters. The van der Waals surface area contributed by atoms with Crippen molar-refractivity contribution in [1.29, 1.82) is 0 Å². The number of hydrogen-bond donors (Lipinski definition) is 0. The van der Waals surface area contributed by atoms with E-state index in [1.165, 1.54) is 0 Å². The lowest BCUT2D eigenvalue weighted by Crippen LogP contribution is -1.92. The average Bonchev–Trinajstić information content (AvgIpc) is 2.16. The Bertz CT molecular complexity index is 386. The molecule has 80 valence electrons. The second kappa shape index (κ2) is 5.91. The molecule has 0 aliphatic carbocycles. The quantitative estimate of drug-likeness (QED) is 0.328. The van der Waals surface area contributed by atoms with Gasteiger partial charge in [-0.2, -0.15) is 0 Å². The molecule has 0 N–H and O–H groups in total. The molecule has 0 unspecified atom stereocenters. The van der Waals surface area contributed by atoms with E-state index >= 15 is 0 Å². The summed E-state index contributed by atoms with van der Waals surface area (Å²) in [5.41, 5.74) is 9.21. The molecule has 0 saturated carbocycles. The van der Waals surface area contributed by atoms with Crippen LogP contribution in [0.2, 0.25) is 5.02 Å². The molecule has 1 aromatic rings. The summed E-state index contributed by atoms with van der Waals surface area (Å²) in [7, 11) is 0. The zero-order valence-electron chi connectivity index (χ0n) is 8.64. The fourth-order valence-electron chi connectivity index (χ4n) is 1.16. The fraction of sp³-hybridized carbons (Fsp3) is 0.400. The minimum atomic E-state index is 0.311. The predicted molar refractivity (Wildman–Crippen MR) is 65.3 cm³/mol. The van der Waals surface area contributed by atoms with Crippen LogP contribution in [0, 0.1) is 0 Å². The molecule has 0 aliphatic heterocycles. The van der Waals surface area contributed by atoms with Gasteiger partial charge in [-0.1, -0.05) is 36.6 Å². The minimum absolute atomic E-state index is 0.311. The molecular weight excluding hydrogens is 230 g/mol. The van der Waals surface area contributed by atoms with Crippen molar-refractivity contribution in [3.05, 3.63) is 39.2 Å². The molecular formula is C10H12ClN3S. The normalized spacial score (nSPS) is 10.1. The molecule has 0 spiro atoms. The molecule has 0 radical (unpaired) electrons. The van der Waals surface area contributed by atoms with E-state index in [2.05, 4.69) is 23.9 Å². The maximum absolute atomic E-state index is 8.30. The number of azide groups is 1. The summed E-state index contributed by atoms with van der Waals surface area (Å²) in [5.74, 6) is 0. The topological polar surface area (TPSA) is 48.8 Å². The second-order valence-electron chi connectivity index (χ2n) is 3.27. The molecule has 0 aromatic heterocycles. The van der Waals surface area contributed by atoms with Gasteiger partial charge in [-0.25, -0.2) is 0 Å². The van der Waals surface area contributed by atoms with Crippen molar-refractivity contribution in [2.75, 3.05) is 0 Å². The van der Waals surface area contributed by atoms with Crippen LogP contribution in [0.15, 0.2) is 28.2 Å². The maximum atomic E-state index is 8.30. The largest absolute Gasteiger partial charge is 0.123 e. The summed E-state index contributed by atoms with van der Waals surface area (Å²) in [4.78, 5) is 3.84. The van der Waals surface area contributed by atoms with Gasteiger partial charge < -0.3 is 0 Å². The first-order valence-corrected chi connectivity index (χ1v) is 5.85. The van der Waals surface area contributed by atoms with E-state index in [0.717, 1.165) is 10.5 Å². The van der Waals surface area contributed by atoms with Gasteiger partial charge in [0.1, 0.15) is 0 Å². The monoisotopic (exact) mass is 241 g/mol.